The first-order valence-corrected chi connectivity index (χ1v) is 14.8. The number of carbonyl (C=O) groups excluding carboxylic acids is 1. The molecule has 9 heteroatoms. The van der Waals surface area contributed by atoms with Crippen LogP contribution in [-0.2, 0) is 17.6 Å². The van der Waals surface area contributed by atoms with E-state index in [9.17, 15) is 4.79 Å². The Morgan fingerprint density at radius 3 is 1.37 bits per heavy atom. The Hall–Kier alpha value is -1.99. The van der Waals surface area contributed by atoms with Gasteiger partial charge in [0.2, 0.25) is 0 Å². The fraction of sp³-hybridized carbons (Fsp3) is 0.690. The van der Waals surface area contributed by atoms with E-state index >= 15 is 0 Å². The summed E-state index contributed by atoms with van der Waals surface area (Å²) in [4.78, 5) is 30.3. The molecule has 0 saturated heterocycles. The summed E-state index contributed by atoms with van der Waals surface area (Å²) in [7, 11) is 3.21. The summed E-state index contributed by atoms with van der Waals surface area (Å²) in [6, 6.07) is 0. The Balaban J connectivity index is 1.12. The van der Waals surface area contributed by atoms with Crippen molar-refractivity contribution in [2.24, 2.45) is 23.7 Å². The summed E-state index contributed by atoms with van der Waals surface area (Å²) < 4.78 is 10.2. The van der Waals surface area contributed by atoms with Gasteiger partial charge < -0.3 is 9.47 Å². The number of rotatable bonds is 12. The molecule has 2 aromatic rings. The van der Waals surface area contributed by atoms with Crippen molar-refractivity contribution in [3.05, 3.63) is 36.4 Å². The van der Waals surface area contributed by atoms with Gasteiger partial charge in [0.05, 0.1) is 39.0 Å². The molecule has 2 aromatic heterocycles. The monoisotopic (exact) mass is 562 g/mol. The molecular weight excluding hydrogens is 523 g/mol. The first-order valence-electron chi connectivity index (χ1n) is 13.9. The fourth-order valence-electron chi connectivity index (χ4n) is 6.03. The fourth-order valence-corrected chi connectivity index (χ4v) is 6.81. The molecule has 2 fully saturated rings. The van der Waals surface area contributed by atoms with Gasteiger partial charge in [-0.1, -0.05) is 0 Å². The molecule has 7 nitrogen and oxygen atoms in total. The average Bonchev–Trinajstić information content (AvgIpc) is 2.94. The molecule has 0 spiro atoms. The number of methoxy groups -OCH3 is 2. The minimum Gasteiger partial charge on any atom is -0.494 e. The van der Waals surface area contributed by atoms with Crippen LogP contribution in [0.15, 0.2) is 24.8 Å². The molecule has 2 aliphatic rings. The first-order chi connectivity index (χ1) is 18.4. The van der Waals surface area contributed by atoms with Gasteiger partial charge in [-0.05, 0) is 75.0 Å². The third-order valence-corrected chi connectivity index (χ3v) is 9.45. The predicted octanol–water partition coefficient (Wildman–Crippen LogP) is 6.25. The highest BCUT2D eigenvalue weighted by Crippen LogP contribution is 2.38. The van der Waals surface area contributed by atoms with Crippen molar-refractivity contribution in [1.82, 2.24) is 19.9 Å². The number of Topliss-reactive ketones (excluding diaryl/α,β-unsaturated/α-hetero) is 1. The molecule has 2 atom stereocenters. The van der Waals surface area contributed by atoms with Crippen LogP contribution < -0.4 is 9.47 Å². The normalized spacial score (nSPS) is 25.4. The minimum absolute atomic E-state index is 0.0253. The number of carbonyl (C=O) groups is 1. The number of hydrogen-bond donors (Lipinski definition) is 0. The van der Waals surface area contributed by atoms with Crippen LogP contribution in [0, 0.1) is 23.7 Å². The average molecular weight is 564 g/mol. The smallest absolute Gasteiger partial charge is 0.155 e. The van der Waals surface area contributed by atoms with Crippen LogP contribution in [0.2, 0.25) is 0 Å². The first kappa shape index (κ1) is 29.0. The van der Waals surface area contributed by atoms with E-state index in [1.807, 2.05) is 0 Å². The van der Waals surface area contributed by atoms with Gasteiger partial charge in [-0.3, -0.25) is 4.79 Å². The quantitative estimate of drug-likeness (QED) is 0.282. The zero-order chi connectivity index (χ0) is 26.9. The Morgan fingerprint density at radius 1 is 0.711 bits per heavy atom. The van der Waals surface area contributed by atoms with Crippen LogP contribution in [0.4, 0.5) is 0 Å². The van der Waals surface area contributed by atoms with E-state index in [1.54, 1.807) is 39.0 Å². The standard InChI is InChI=1S/C29H40Cl2N4O3/c1-37-24-15-32-28(33-16-24)13-26(30)21-7-3-19(4-8-21)11-23(36)12-20-5-9-22(10-6-20)27(31)14-29-34-17-25(38-2)18-35-29/h15-22,26-27H,3-14H2,1-2H3/t19-,20?,21-,22?,26?,27?. The van der Waals surface area contributed by atoms with Crippen LogP contribution in [0.25, 0.3) is 0 Å². The zero-order valence-corrected chi connectivity index (χ0v) is 24.0. The maximum Gasteiger partial charge on any atom is 0.155 e. The molecule has 2 saturated carbocycles. The summed E-state index contributed by atoms with van der Waals surface area (Å²) in [5.74, 6) is 5.15. The number of ketones is 1. The van der Waals surface area contributed by atoms with Gasteiger partial charge in [0.1, 0.15) is 17.4 Å². The molecule has 0 N–H and O–H groups in total. The number of hydrogen-bond acceptors (Lipinski definition) is 7. The third-order valence-electron chi connectivity index (χ3n) is 8.43. The lowest BCUT2D eigenvalue weighted by atomic mass is 9.75. The highest BCUT2D eigenvalue weighted by Gasteiger charge is 2.31. The number of ether oxygens (including phenoxy) is 2. The van der Waals surface area contributed by atoms with E-state index in [-0.39, 0.29) is 10.8 Å². The molecule has 208 valence electrons. The Morgan fingerprint density at radius 2 is 1.05 bits per heavy atom. The summed E-state index contributed by atoms with van der Waals surface area (Å²) >= 11 is 13.5. The molecule has 38 heavy (non-hydrogen) atoms. The maximum atomic E-state index is 12.9. The van der Waals surface area contributed by atoms with Crippen LogP contribution >= 0.6 is 23.2 Å². The van der Waals surface area contributed by atoms with Gasteiger partial charge in [-0.15, -0.1) is 23.2 Å². The SMILES string of the molecule is COc1cnc(CC(Cl)C2CCC(CC(=O)C[C@H]3CC[C@H](C(Cl)Cc4ncc(OC)cn4)CC3)CC2)nc1. The van der Waals surface area contributed by atoms with Crippen molar-refractivity contribution in [1.29, 1.82) is 0 Å². The zero-order valence-electron chi connectivity index (χ0n) is 22.5. The molecule has 0 bridgehead atoms. The van der Waals surface area contributed by atoms with Crippen molar-refractivity contribution in [2.45, 2.75) is 87.8 Å². The summed E-state index contributed by atoms with van der Waals surface area (Å²) in [6.45, 7) is 0. The van der Waals surface area contributed by atoms with Crippen LogP contribution in [-0.4, -0.2) is 50.7 Å². The summed E-state index contributed by atoms with van der Waals surface area (Å²) in [6.07, 6.45) is 18.1. The third kappa shape index (κ3) is 8.51. The van der Waals surface area contributed by atoms with Gasteiger partial charge in [-0.2, -0.15) is 0 Å². The molecule has 0 radical (unpaired) electrons. The molecule has 2 heterocycles. The van der Waals surface area contributed by atoms with E-state index in [0.717, 1.165) is 63.0 Å². The van der Waals surface area contributed by atoms with Crippen molar-refractivity contribution in [2.75, 3.05) is 14.2 Å². The van der Waals surface area contributed by atoms with Gasteiger partial charge in [-0.25, -0.2) is 19.9 Å². The lowest BCUT2D eigenvalue weighted by Gasteiger charge is -2.32. The number of alkyl halides is 2. The Labute approximate surface area is 236 Å². The summed E-state index contributed by atoms with van der Waals surface area (Å²) in [5.41, 5.74) is 0. The number of halogens is 2. The highest BCUT2D eigenvalue weighted by molar-refractivity contribution is 6.21. The minimum atomic E-state index is 0.0253. The van der Waals surface area contributed by atoms with Crippen LogP contribution in [0.3, 0.4) is 0 Å². The van der Waals surface area contributed by atoms with E-state index in [1.165, 1.54) is 0 Å². The van der Waals surface area contributed by atoms with E-state index in [0.29, 0.717) is 66.6 Å². The molecule has 2 aliphatic carbocycles. The van der Waals surface area contributed by atoms with Crippen LogP contribution in [0.1, 0.15) is 75.9 Å². The lowest BCUT2D eigenvalue weighted by molar-refractivity contribution is -0.121. The Kier molecular flexibility index (Phi) is 11.0. The number of aromatic nitrogens is 4. The molecule has 0 aliphatic heterocycles. The lowest BCUT2D eigenvalue weighted by Crippen LogP contribution is -2.27. The van der Waals surface area contributed by atoms with Crippen molar-refractivity contribution in [3.8, 4) is 11.5 Å². The molecular formula is C29H40Cl2N4O3. The van der Waals surface area contributed by atoms with Crippen molar-refractivity contribution >= 4 is 29.0 Å². The van der Waals surface area contributed by atoms with Crippen molar-refractivity contribution < 1.29 is 14.3 Å². The summed E-state index contributed by atoms with van der Waals surface area (Å²) in [5, 5.41) is 0.0505. The van der Waals surface area contributed by atoms with Crippen molar-refractivity contribution in [3.63, 3.8) is 0 Å². The highest BCUT2D eigenvalue weighted by atomic mass is 35.5. The van der Waals surface area contributed by atoms with E-state index < -0.39 is 0 Å². The van der Waals surface area contributed by atoms with Gasteiger partial charge >= 0.3 is 0 Å². The Bertz CT molecular complexity index is 912. The molecule has 2 unspecified atom stereocenters. The second kappa shape index (κ2) is 14.4. The van der Waals surface area contributed by atoms with E-state index in [2.05, 4.69) is 19.9 Å². The largest absolute Gasteiger partial charge is 0.494 e. The maximum absolute atomic E-state index is 12.9. The molecule has 0 amide bonds. The van der Waals surface area contributed by atoms with E-state index in [4.69, 9.17) is 32.7 Å². The molecule has 4 rings (SSSR count). The molecule has 0 aromatic carbocycles. The second-order valence-corrected chi connectivity index (χ2v) is 12.1. The number of nitrogens with zero attached hydrogens (tertiary/aromatic N) is 4. The second-order valence-electron chi connectivity index (χ2n) is 11.0. The van der Waals surface area contributed by atoms with Gasteiger partial charge in [0.25, 0.3) is 0 Å². The van der Waals surface area contributed by atoms with Gasteiger partial charge in [0, 0.05) is 36.4 Å². The topological polar surface area (TPSA) is 87.1 Å². The predicted molar refractivity (Wildman–Crippen MR) is 149 cm³/mol. The van der Waals surface area contributed by atoms with Gasteiger partial charge in [0.15, 0.2) is 11.5 Å². The van der Waals surface area contributed by atoms with Crippen LogP contribution in [0.5, 0.6) is 11.5 Å².